The van der Waals surface area contributed by atoms with Gasteiger partial charge >= 0.3 is 0 Å². The molecule has 1 aliphatic heterocycles. The van der Waals surface area contributed by atoms with E-state index < -0.39 is 0 Å². The zero-order valence-electron chi connectivity index (χ0n) is 4.32. The van der Waals surface area contributed by atoms with Gasteiger partial charge in [-0.25, -0.2) is 0 Å². The zero-order valence-corrected chi connectivity index (χ0v) is 4.32. The van der Waals surface area contributed by atoms with Crippen molar-refractivity contribution in [3.8, 4) is 0 Å². The van der Waals surface area contributed by atoms with Crippen LogP contribution in [0.25, 0.3) is 0 Å². The Morgan fingerprint density at radius 3 is 1.83 bits per heavy atom. The van der Waals surface area contributed by atoms with E-state index in [1.807, 2.05) is 0 Å². The SMILES string of the molecule is CC1(C)CCO1. The molecule has 0 saturated carbocycles. The Bertz CT molecular complexity index is 51.0. The van der Waals surface area contributed by atoms with Crippen LogP contribution >= 0.6 is 0 Å². The van der Waals surface area contributed by atoms with E-state index in [0.717, 1.165) is 6.61 Å². The van der Waals surface area contributed by atoms with Crippen molar-refractivity contribution in [1.29, 1.82) is 0 Å². The average molecular weight is 86.1 g/mol. The van der Waals surface area contributed by atoms with Gasteiger partial charge in [-0.3, -0.25) is 0 Å². The molecule has 36 valence electrons. The normalized spacial score (nSPS) is 29.0. The summed E-state index contributed by atoms with van der Waals surface area (Å²) in [5.41, 5.74) is 0.222. The summed E-state index contributed by atoms with van der Waals surface area (Å²) in [5, 5.41) is 0. The number of hydrogen-bond acceptors (Lipinski definition) is 1. The number of rotatable bonds is 0. The molecule has 6 heavy (non-hydrogen) atoms. The minimum absolute atomic E-state index is 0.222. The Morgan fingerprint density at radius 2 is 1.83 bits per heavy atom. The summed E-state index contributed by atoms with van der Waals surface area (Å²) in [6.45, 7) is 5.18. The predicted molar refractivity (Wildman–Crippen MR) is 24.6 cm³/mol. The maximum absolute atomic E-state index is 5.12. The van der Waals surface area contributed by atoms with E-state index in [1.54, 1.807) is 0 Å². The molecule has 1 heteroatoms. The molecule has 1 nitrogen and oxygen atoms in total. The van der Waals surface area contributed by atoms with Gasteiger partial charge in [-0.15, -0.1) is 0 Å². The van der Waals surface area contributed by atoms with Gasteiger partial charge in [0, 0.05) is 0 Å². The highest BCUT2D eigenvalue weighted by molar-refractivity contribution is 4.75. The van der Waals surface area contributed by atoms with Crippen LogP contribution in [0, 0.1) is 0 Å². The second-order valence-electron chi connectivity index (χ2n) is 2.36. The number of ether oxygens (including phenoxy) is 1. The molecule has 0 bridgehead atoms. The first-order valence-corrected chi connectivity index (χ1v) is 2.35. The van der Waals surface area contributed by atoms with Crippen LogP contribution in [0.5, 0.6) is 0 Å². The summed E-state index contributed by atoms with van der Waals surface area (Å²) in [5.74, 6) is 0. The molecule has 0 aromatic rings. The van der Waals surface area contributed by atoms with Crippen LogP contribution in [0.15, 0.2) is 0 Å². The fourth-order valence-electron chi connectivity index (χ4n) is 0.510. The van der Waals surface area contributed by atoms with Crippen LogP contribution in [0.1, 0.15) is 20.3 Å². The van der Waals surface area contributed by atoms with Gasteiger partial charge in [-0.05, 0) is 20.3 Å². The maximum Gasteiger partial charge on any atom is 0.0648 e. The van der Waals surface area contributed by atoms with Gasteiger partial charge in [0.1, 0.15) is 0 Å². The monoisotopic (exact) mass is 86.1 g/mol. The fourth-order valence-corrected chi connectivity index (χ4v) is 0.510. The highest BCUT2D eigenvalue weighted by atomic mass is 16.5. The predicted octanol–water partition coefficient (Wildman–Crippen LogP) is 1.19. The molecule has 0 spiro atoms. The fraction of sp³-hybridized carbons (Fsp3) is 1.00. The third kappa shape index (κ3) is 0.548. The standard InChI is InChI=1S/C5H10O/c1-5(2)3-4-6-5/h3-4H2,1-2H3. The summed E-state index contributed by atoms with van der Waals surface area (Å²) in [7, 11) is 0. The summed E-state index contributed by atoms with van der Waals surface area (Å²) in [6.07, 6.45) is 1.23. The van der Waals surface area contributed by atoms with Crippen molar-refractivity contribution in [2.75, 3.05) is 6.61 Å². The minimum Gasteiger partial charge on any atom is -0.375 e. The van der Waals surface area contributed by atoms with E-state index in [-0.39, 0.29) is 5.60 Å². The quantitative estimate of drug-likeness (QED) is 0.430. The van der Waals surface area contributed by atoms with Crippen molar-refractivity contribution in [2.24, 2.45) is 0 Å². The molecule has 0 unspecified atom stereocenters. The Hall–Kier alpha value is -0.0400. The molecule has 0 atom stereocenters. The van der Waals surface area contributed by atoms with Crippen LogP contribution in [0.4, 0.5) is 0 Å². The minimum atomic E-state index is 0.222. The first-order chi connectivity index (χ1) is 2.71. The first kappa shape index (κ1) is 4.13. The van der Waals surface area contributed by atoms with E-state index in [9.17, 15) is 0 Å². The Balaban J connectivity index is 2.31. The van der Waals surface area contributed by atoms with E-state index >= 15 is 0 Å². The maximum atomic E-state index is 5.12. The molecule has 0 amide bonds. The van der Waals surface area contributed by atoms with E-state index in [4.69, 9.17) is 4.74 Å². The molecule has 0 N–H and O–H groups in total. The lowest BCUT2D eigenvalue weighted by atomic mass is 10.0. The van der Waals surface area contributed by atoms with Gasteiger partial charge in [0.05, 0.1) is 12.2 Å². The second kappa shape index (κ2) is 0.969. The molecule has 1 fully saturated rings. The van der Waals surface area contributed by atoms with Crippen molar-refractivity contribution in [3.05, 3.63) is 0 Å². The van der Waals surface area contributed by atoms with Crippen LogP contribution in [0.2, 0.25) is 0 Å². The summed E-state index contributed by atoms with van der Waals surface area (Å²) >= 11 is 0. The van der Waals surface area contributed by atoms with Crippen LogP contribution < -0.4 is 0 Å². The van der Waals surface area contributed by atoms with Gasteiger partial charge < -0.3 is 4.74 Å². The third-order valence-electron chi connectivity index (χ3n) is 1.20. The van der Waals surface area contributed by atoms with Gasteiger partial charge in [-0.1, -0.05) is 0 Å². The summed E-state index contributed by atoms with van der Waals surface area (Å²) < 4.78 is 5.12. The highest BCUT2D eigenvalue weighted by Gasteiger charge is 2.26. The molecule has 0 aliphatic carbocycles. The molecule has 0 aromatic heterocycles. The van der Waals surface area contributed by atoms with E-state index in [1.165, 1.54) is 6.42 Å². The lowest BCUT2D eigenvalue weighted by molar-refractivity contribution is -0.120. The topological polar surface area (TPSA) is 9.23 Å². The van der Waals surface area contributed by atoms with E-state index in [0.29, 0.717) is 0 Å². The van der Waals surface area contributed by atoms with Crippen LogP contribution in [-0.2, 0) is 4.74 Å². The van der Waals surface area contributed by atoms with Crippen molar-refractivity contribution in [3.63, 3.8) is 0 Å². The largest absolute Gasteiger partial charge is 0.375 e. The van der Waals surface area contributed by atoms with Gasteiger partial charge in [0.25, 0.3) is 0 Å². The Kier molecular flexibility index (Phi) is 0.667. The van der Waals surface area contributed by atoms with Gasteiger partial charge in [0.15, 0.2) is 0 Å². The van der Waals surface area contributed by atoms with Crippen LogP contribution in [0.3, 0.4) is 0 Å². The summed E-state index contributed by atoms with van der Waals surface area (Å²) in [4.78, 5) is 0. The van der Waals surface area contributed by atoms with Gasteiger partial charge in [0.2, 0.25) is 0 Å². The molecule has 1 aliphatic rings. The molecular formula is C5H10O. The van der Waals surface area contributed by atoms with Crippen molar-refractivity contribution in [2.45, 2.75) is 25.9 Å². The third-order valence-corrected chi connectivity index (χ3v) is 1.20. The molecule has 0 aromatic carbocycles. The number of hydrogen-bond donors (Lipinski definition) is 0. The van der Waals surface area contributed by atoms with Gasteiger partial charge in [-0.2, -0.15) is 0 Å². The molecule has 1 rings (SSSR count). The second-order valence-corrected chi connectivity index (χ2v) is 2.36. The van der Waals surface area contributed by atoms with Crippen molar-refractivity contribution >= 4 is 0 Å². The molecular weight excluding hydrogens is 76.1 g/mol. The summed E-state index contributed by atoms with van der Waals surface area (Å²) in [6, 6.07) is 0. The Morgan fingerprint density at radius 1 is 1.50 bits per heavy atom. The van der Waals surface area contributed by atoms with E-state index in [2.05, 4.69) is 13.8 Å². The highest BCUT2D eigenvalue weighted by Crippen LogP contribution is 2.23. The Labute approximate surface area is 38.3 Å². The smallest absolute Gasteiger partial charge is 0.0648 e. The average Bonchev–Trinajstić information content (AvgIpc) is 1.32. The lowest BCUT2D eigenvalue weighted by Gasteiger charge is -2.34. The molecule has 1 heterocycles. The first-order valence-electron chi connectivity index (χ1n) is 2.35. The molecule has 1 saturated heterocycles. The van der Waals surface area contributed by atoms with Crippen molar-refractivity contribution < 1.29 is 4.74 Å². The van der Waals surface area contributed by atoms with Crippen molar-refractivity contribution in [1.82, 2.24) is 0 Å². The molecule has 0 radical (unpaired) electrons. The zero-order chi connectivity index (χ0) is 4.62. The van der Waals surface area contributed by atoms with Crippen LogP contribution in [-0.4, -0.2) is 12.2 Å². The lowest BCUT2D eigenvalue weighted by Crippen LogP contribution is -2.36.